The number of aromatic nitrogens is 3. The van der Waals surface area contributed by atoms with Crippen LogP contribution in [-0.4, -0.2) is 38.6 Å². The van der Waals surface area contributed by atoms with Gasteiger partial charge in [0.05, 0.1) is 5.39 Å². The number of ketones is 1. The van der Waals surface area contributed by atoms with Gasteiger partial charge in [-0.2, -0.15) is 0 Å². The summed E-state index contributed by atoms with van der Waals surface area (Å²) in [6, 6.07) is -0.785. The van der Waals surface area contributed by atoms with Crippen LogP contribution in [0.5, 0.6) is 0 Å². The van der Waals surface area contributed by atoms with Crippen molar-refractivity contribution < 1.29 is 14.4 Å². The van der Waals surface area contributed by atoms with E-state index in [1.165, 1.54) is 11.8 Å². The second kappa shape index (κ2) is 8.67. The minimum Gasteiger partial charge on any atom is -0.345 e. The number of aryl methyl sites for hydroxylation is 3. The summed E-state index contributed by atoms with van der Waals surface area (Å²) in [6.07, 6.45) is 3.33. The molecule has 162 valence electrons. The highest BCUT2D eigenvalue weighted by atomic mass is 32.1. The zero-order valence-electron chi connectivity index (χ0n) is 17.0. The molecule has 11 heteroatoms. The quantitative estimate of drug-likeness (QED) is 0.464. The fourth-order valence-corrected chi connectivity index (χ4v) is 5.52. The molecular weight excluding hydrogens is 438 g/mol. The van der Waals surface area contributed by atoms with Crippen molar-refractivity contribution in [2.75, 3.05) is 5.32 Å². The number of amides is 2. The number of H-pyrrole nitrogens is 1. The first-order chi connectivity index (χ1) is 14.8. The lowest BCUT2D eigenvalue weighted by molar-refractivity contribution is -0.126. The average molecular weight is 460 g/mol. The standard InChI is InChI=1S/C20H21N5O4S2/c1-9(17(28)25-20-22-12(8-30-20)10(2)26)21-15(27)7-6-14-23-18(29)16-11-4-3-5-13(11)31-19(16)24-14/h8-9H,3-7H2,1-2H3,(H,21,27)(H,22,25,28)(H,23,24,29)/t9-/m1/s1. The highest BCUT2D eigenvalue weighted by molar-refractivity contribution is 7.18. The van der Waals surface area contributed by atoms with Crippen molar-refractivity contribution >= 4 is 55.6 Å². The SMILES string of the molecule is CC(=O)c1csc(NC(=O)[C@@H](C)NC(=O)CCc2nc3sc4c(c3c(=O)[nH]2)CCC4)n1. The summed E-state index contributed by atoms with van der Waals surface area (Å²) in [5.41, 5.74) is 1.25. The van der Waals surface area contributed by atoms with Crippen LogP contribution in [0.1, 0.15) is 53.4 Å². The summed E-state index contributed by atoms with van der Waals surface area (Å²) >= 11 is 2.70. The number of fused-ring (bicyclic) bond motifs is 3. The molecule has 9 nitrogen and oxygen atoms in total. The smallest absolute Gasteiger partial charge is 0.259 e. The van der Waals surface area contributed by atoms with Crippen LogP contribution in [0.15, 0.2) is 10.2 Å². The third-order valence-corrected chi connectivity index (χ3v) is 7.02. The lowest BCUT2D eigenvalue weighted by Crippen LogP contribution is -2.41. The van der Waals surface area contributed by atoms with Crippen LogP contribution in [0.2, 0.25) is 0 Å². The Kier molecular flexibility index (Phi) is 5.96. The van der Waals surface area contributed by atoms with Gasteiger partial charge in [-0.3, -0.25) is 19.2 Å². The molecule has 0 unspecified atom stereocenters. The number of rotatable bonds is 7. The number of carbonyl (C=O) groups is 3. The summed E-state index contributed by atoms with van der Waals surface area (Å²) in [7, 11) is 0. The van der Waals surface area contributed by atoms with Gasteiger partial charge >= 0.3 is 0 Å². The molecular formula is C20H21N5O4S2. The molecule has 2 amide bonds. The maximum Gasteiger partial charge on any atom is 0.259 e. The Bertz CT molecular complexity index is 1240. The van der Waals surface area contributed by atoms with Gasteiger partial charge in [0.2, 0.25) is 11.8 Å². The molecule has 0 fully saturated rings. The number of hydrogen-bond donors (Lipinski definition) is 3. The first kappa shape index (κ1) is 21.3. The predicted octanol–water partition coefficient (Wildman–Crippen LogP) is 2.21. The molecule has 1 aliphatic carbocycles. The second-order valence-corrected chi connectivity index (χ2v) is 9.36. The largest absolute Gasteiger partial charge is 0.345 e. The number of aromatic amines is 1. The van der Waals surface area contributed by atoms with Gasteiger partial charge in [-0.1, -0.05) is 0 Å². The fraction of sp³-hybridized carbons (Fsp3) is 0.400. The van der Waals surface area contributed by atoms with Gasteiger partial charge in [0.1, 0.15) is 22.4 Å². The van der Waals surface area contributed by atoms with E-state index < -0.39 is 11.9 Å². The van der Waals surface area contributed by atoms with Crippen molar-refractivity contribution in [3.8, 4) is 0 Å². The number of nitrogens with zero attached hydrogens (tertiary/aromatic N) is 2. The minimum absolute atomic E-state index is 0.0862. The topological polar surface area (TPSA) is 134 Å². The molecule has 3 heterocycles. The van der Waals surface area contributed by atoms with Crippen molar-refractivity contribution in [1.82, 2.24) is 20.3 Å². The number of hydrogen-bond acceptors (Lipinski definition) is 8. The number of carbonyl (C=O) groups excluding carboxylic acids is 3. The third-order valence-electron chi connectivity index (χ3n) is 5.08. The van der Waals surface area contributed by atoms with E-state index in [0.29, 0.717) is 16.3 Å². The van der Waals surface area contributed by atoms with Crippen LogP contribution >= 0.6 is 22.7 Å². The van der Waals surface area contributed by atoms with E-state index >= 15 is 0 Å². The lowest BCUT2D eigenvalue weighted by atomic mass is 10.2. The van der Waals surface area contributed by atoms with E-state index in [1.54, 1.807) is 23.6 Å². The number of thiazole rings is 1. The Labute approximate surface area is 185 Å². The molecule has 1 atom stereocenters. The summed E-state index contributed by atoms with van der Waals surface area (Å²) in [5, 5.41) is 7.76. The van der Waals surface area contributed by atoms with Crippen LogP contribution in [-0.2, 0) is 28.9 Å². The lowest BCUT2D eigenvalue weighted by Gasteiger charge is -2.12. The Hall–Kier alpha value is -2.92. The summed E-state index contributed by atoms with van der Waals surface area (Å²) in [4.78, 5) is 61.6. The number of Topliss-reactive ketones (excluding diaryl/α,β-unsaturated/α-hetero) is 1. The molecule has 31 heavy (non-hydrogen) atoms. The first-order valence-corrected chi connectivity index (χ1v) is 11.6. The van der Waals surface area contributed by atoms with Crippen LogP contribution < -0.4 is 16.2 Å². The number of nitrogens with one attached hydrogen (secondary N) is 3. The maximum absolute atomic E-state index is 12.5. The molecule has 0 bridgehead atoms. The monoisotopic (exact) mass is 459 g/mol. The zero-order valence-corrected chi connectivity index (χ0v) is 18.7. The molecule has 1 aliphatic rings. The normalized spacial score (nSPS) is 13.7. The van der Waals surface area contributed by atoms with Crippen molar-refractivity contribution in [1.29, 1.82) is 0 Å². The van der Waals surface area contributed by atoms with Gasteiger partial charge in [-0.15, -0.1) is 22.7 Å². The van der Waals surface area contributed by atoms with Gasteiger partial charge in [-0.25, -0.2) is 9.97 Å². The van der Waals surface area contributed by atoms with E-state index in [-0.39, 0.29) is 35.8 Å². The Morgan fingerprint density at radius 1 is 1.26 bits per heavy atom. The molecule has 4 rings (SSSR count). The molecule has 3 N–H and O–H groups in total. The number of anilines is 1. The van der Waals surface area contributed by atoms with Crippen LogP contribution in [0, 0.1) is 0 Å². The Morgan fingerprint density at radius 2 is 2.06 bits per heavy atom. The molecule has 0 spiro atoms. The zero-order chi connectivity index (χ0) is 22.1. The van der Waals surface area contributed by atoms with E-state index in [0.717, 1.165) is 41.0 Å². The highest BCUT2D eigenvalue weighted by Crippen LogP contribution is 2.34. The van der Waals surface area contributed by atoms with E-state index in [1.807, 2.05) is 0 Å². The van der Waals surface area contributed by atoms with Crippen LogP contribution in [0.3, 0.4) is 0 Å². The van der Waals surface area contributed by atoms with Gasteiger partial charge in [-0.05, 0) is 31.7 Å². The van der Waals surface area contributed by atoms with E-state index in [9.17, 15) is 19.2 Å². The molecule has 3 aromatic heterocycles. The summed E-state index contributed by atoms with van der Waals surface area (Å²) < 4.78 is 0. The van der Waals surface area contributed by atoms with Crippen LogP contribution in [0.25, 0.3) is 10.2 Å². The van der Waals surface area contributed by atoms with Crippen molar-refractivity contribution in [2.24, 2.45) is 0 Å². The Morgan fingerprint density at radius 3 is 2.81 bits per heavy atom. The molecule has 0 aromatic carbocycles. The first-order valence-electron chi connectivity index (χ1n) is 9.92. The van der Waals surface area contributed by atoms with E-state index in [2.05, 4.69) is 25.6 Å². The minimum atomic E-state index is -0.785. The third kappa shape index (κ3) is 4.57. The fourth-order valence-electron chi connectivity index (χ4n) is 3.48. The van der Waals surface area contributed by atoms with Gasteiger partial charge in [0.25, 0.3) is 5.56 Å². The molecule has 0 aliphatic heterocycles. The van der Waals surface area contributed by atoms with Crippen LogP contribution in [0.4, 0.5) is 5.13 Å². The molecule has 0 saturated carbocycles. The van der Waals surface area contributed by atoms with Gasteiger partial charge < -0.3 is 15.6 Å². The summed E-state index contributed by atoms with van der Waals surface area (Å²) in [6.45, 7) is 2.96. The van der Waals surface area contributed by atoms with Gasteiger partial charge in [0, 0.05) is 30.0 Å². The average Bonchev–Trinajstić information content (AvgIpc) is 3.42. The predicted molar refractivity (Wildman–Crippen MR) is 119 cm³/mol. The molecule has 0 saturated heterocycles. The summed E-state index contributed by atoms with van der Waals surface area (Å²) in [5.74, 6) is -0.485. The van der Waals surface area contributed by atoms with Gasteiger partial charge in [0.15, 0.2) is 10.9 Å². The Balaban J connectivity index is 1.32. The van der Waals surface area contributed by atoms with Crippen molar-refractivity contribution in [2.45, 2.75) is 52.0 Å². The maximum atomic E-state index is 12.5. The van der Waals surface area contributed by atoms with Crippen molar-refractivity contribution in [3.05, 3.63) is 37.7 Å². The molecule has 3 aromatic rings. The number of thiophene rings is 1. The van der Waals surface area contributed by atoms with E-state index in [4.69, 9.17) is 0 Å². The van der Waals surface area contributed by atoms with Crippen molar-refractivity contribution in [3.63, 3.8) is 0 Å². The second-order valence-electron chi connectivity index (χ2n) is 7.42. The highest BCUT2D eigenvalue weighted by Gasteiger charge is 2.22. The molecule has 0 radical (unpaired) electrons.